The monoisotopic (exact) mass is 179 g/mol. The Hall–Kier alpha value is -1.05. The molecule has 13 heavy (non-hydrogen) atoms. The summed E-state index contributed by atoms with van der Waals surface area (Å²) in [6, 6.07) is 0. The first-order valence-corrected chi connectivity index (χ1v) is 4.84. The van der Waals surface area contributed by atoms with E-state index < -0.39 is 0 Å². The fraction of sp³-hybridized carbons (Fsp3) is 0.545. The highest BCUT2D eigenvalue weighted by atomic mass is 16.2. The molecular formula is C11H17NO. The van der Waals surface area contributed by atoms with Gasteiger partial charge in [0, 0.05) is 18.7 Å². The van der Waals surface area contributed by atoms with Gasteiger partial charge >= 0.3 is 0 Å². The normalized spacial score (nSPS) is 18.6. The molecule has 0 aromatic rings. The molecule has 1 rings (SSSR count). The van der Waals surface area contributed by atoms with E-state index in [-0.39, 0.29) is 5.91 Å². The van der Waals surface area contributed by atoms with Crippen molar-refractivity contribution in [2.45, 2.75) is 26.7 Å². The third-order valence-corrected chi connectivity index (χ3v) is 2.27. The van der Waals surface area contributed by atoms with Crippen molar-refractivity contribution in [1.29, 1.82) is 0 Å². The molecule has 0 saturated carbocycles. The van der Waals surface area contributed by atoms with Gasteiger partial charge in [-0.2, -0.15) is 0 Å². The summed E-state index contributed by atoms with van der Waals surface area (Å²) < 4.78 is 0. The van der Waals surface area contributed by atoms with E-state index in [1.54, 1.807) is 0 Å². The molecule has 1 saturated heterocycles. The summed E-state index contributed by atoms with van der Waals surface area (Å²) in [5.41, 5.74) is 0.833. The number of carbonyl (C=O) groups is 1. The van der Waals surface area contributed by atoms with Crippen LogP contribution in [0.3, 0.4) is 0 Å². The van der Waals surface area contributed by atoms with Gasteiger partial charge in [-0.05, 0) is 26.7 Å². The Morgan fingerprint density at radius 3 is 2.46 bits per heavy atom. The number of rotatable bonds is 2. The van der Waals surface area contributed by atoms with E-state index in [9.17, 15) is 4.79 Å². The first-order chi connectivity index (χ1) is 6.25. The second-order valence-corrected chi connectivity index (χ2v) is 3.37. The molecule has 2 nitrogen and oxygen atoms in total. The van der Waals surface area contributed by atoms with Crippen LogP contribution in [-0.2, 0) is 4.79 Å². The second-order valence-electron chi connectivity index (χ2n) is 3.37. The third kappa shape index (κ3) is 2.72. The molecule has 0 spiro atoms. The standard InChI is InChI=1S/C11H17NO/c1-3-4-7-10(2)11(13)12-8-5-6-9-12/h3-4,7H,5-6,8-9H2,1-2H3/b4-3+,10-7-. The van der Waals surface area contributed by atoms with Crippen LogP contribution >= 0.6 is 0 Å². The summed E-state index contributed by atoms with van der Waals surface area (Å²) in [5, 5.41) is 0. The lowest BCUT2D eigenvalue weighted by atomic mass is 10.2. The highest BCUT2D eigenvalue weighted by Crippen LogP contribution is 2.11. The molecule has 2 heteroatoms. The molecule has 1 fully saturated rings. The Labute approximate surface area is 79.9 Å². The molecular weight excluding hydrogens is 162 g/mol. The summed E-state index contributed by atoms with van der Waals surface area (Å²) in [7, 11) is 0. The maximum Gasteiger partial charge on any atom is 0.249 e. The van der Waals surface area contributed by atoms with E-state index in [4.69, 9.17) is 0 Å². The zero-order chi connectivity index (χ0) is 9.68. The topological polar surface area (TPSA) is 20.3 Å². The van der Waals surface area contributed by atoms with Gasteiger partial charge in [0.2, 0.25) is 5.91 Å². The third-order valence-electron chi connectivity index (χ3n) is 2.27. The summed E-state index contributed by atoms with van der Waals surface area (Å²) in [6.45, 7) is 5.68. The number of amides is 1. The van der Waals surface area contributed by atoms with Crippen molar-refractivity contribution in [3.63, 3.8) is 0 Å². The maximum atomic E-state index is 11.7. The molecule has 72 valence electrons. The Morgan fingerprint density at radius 2 is 1.92 bits per heavy atom. The van der Waals surface area contributed by atoms with Crippen molar-refractivity contribution in [3.8, 4) is 0 Å². The molecule has 0 unspecified atom stereocenters. The quantitative estimate of drug-likeness (QED) is 0.469. The van der Waals surface area contributed by atoms with Gasteiger partial charge in [0.1, 0.15) is 0 Å². The van der Waals surface area contributed by atoms with Crippen LogP contribution in [0.1, 0.15) is 26.7 Å². The first kappa shape index (κ1) is 10.0. The van der Waals surface area contributed by atoms with Gasteiger partial charge in [-0.25, -0.2) is 0 Å². The summed E-state index contributed by atoms with van der Waals surface area (Å²) in [5.74, 6) is 0.190. The van der Waals surface area contributed by atoms with E-state index in [1.807, 2.05) is 37.0 Å². The average molecular weight is 179 g/mol. The van der Waals surface area contributed by atoms with Crippen LogP contribution in [0.15, 0.2) is 23.8 Å². The highest BCUT2D eigenvalue weighted by Gasteiger charge is 2.18. The minimum atomic E-state index is 0.190. The van der Waals surface area contributed by atoms with E-state index in [2.05, 4.69) is 0 Å². The fourth-order valence-electron chi connectivity index (χ4n) is 1.48. The van der Waals surface area contributed by atoms with Gasteiger partial charge in [0.25, 0.3) is 0 Å². The van der Waals surface area contributed by atoms with Gasteiger partial charge in [0.15, 0.2) is 0 Å². The van der Waals surface area contributed by atoms with E-state index in [0.717, 1.165) is 31.5 Å². The lowest BCUT2D eigenvalue weighted by Crippen LogP contribution is -2.28. The van der Waals surface area contributed by atoms with Crippen LogP contribution in [-0.4, -0.2) is 23.9 Å². The van der Waals surface area contributed by atoms with Gasteiger partial charge in [-0.1, -0.05) is 18.2 Å². The number of hydrogen-bond donors (Lipinski definition) is 0. The van der Waals surface area contributed by atoms with Crippen LogP contribution in [0.4, 0.5) is 0 Å². The molecule has 1 heterocycles. The van der Waals surface area contributed by atoms with Gasteiger partial charge in [0.05, 0.1) is 0 Å². The lowest BCUT2D eigenvalue weighted by molar-refractivity contribution is -0.126. The largest absolute Gasteiger partial charge is 0.339 e. The molecule has 1 amide bonds. The van der Waals surface area contributed by atoms with Crippen molar-refractivity contribution < 1.29 is 4.79 Å². The Balaban J connectivity index is 2.55. The Bertz CT molecular complexity index is 234. The molecule has 0 aromatic heterocycles. The predicted molar refractivity (Wildman–Crippen MR) is 54.4 cm³/mol. The second kappa shape index (κ2) is 4.85. The summed E-state index contributed by atoms with van der Waals surface area (Å²) >= 11 is 0. The number of hydrogen-bond acceptors (Lipinski definition) is 1. The van der Waals surface area contributed by atoms with E-state index in [0.29, 0.717) is 0 Å². The maximum absolute atomic E-state index is 11.7. The van der Waals surface area contributed by atoms with Gasteiger partial charge < -0.3 is 4.90 Å². The Kier molecular flexibility index (Phi) is 3.74. The zero-order valence-corrected chi connectivity index (χ0v) is 8.42. The van der Waals surface area contributed by atoms with Gasteiger partial charge in [-0.3, -0.25) is 4.79 Å². The average Bonchev–Trinajstić information content (AvgIpc) is 2.65. The Morgan fingerprint density at radius 1 is 1.31 bits per heavy atom. The smallest absolute Gasteiger partial charge is 0.249 e. The fourth-order valence-corrected chi connectivity index (χ4v) is 1.48. The highest BCUT2D eigenvalue weighted by molar-refractivity contribution is 5.93. The molecule has 0 bridgehead atoms. The number of nitrogens with zero attached hydrogens (tertiary/aromatic N) is 1. The predicted octanol–water partition coefficient (Wildman–Crippen LogP) is 2.13. The minimum Gasteiger partial charge on any atom is -0.339 e. The van der Waals surface area contributed by atoms with Crippen molar-refractivity contribution >= 4 is 5.91 Å². The lowest BCUT2D eigenvalue weighted by Gasteiger charge is -2.14. The molecule has 1 aliphatic heterocycles. The van der Waals surface area contributed by atoms with Crippen molar-refractivity contribution in [1.82, 2.24) is 4.90 Å². The van der Waals surface area contributed by atoms with Crippen LogP contribution in [0.2, 0.25) is 0 Å². The van der Waals surface area contributed by atoms with E-state index in [1.165, 1.54) is 0 Å². The minimum absolute atomic E-state index is 0.190. The zero-order valence-electron chi connectivity index (χ0n) is 8.42. The molecule has 0 radical (unpaired) electrons. The SMILES string of the molecule is C/C=C/C=C(/C)C(=O)N1CCCC1. The summed E-state index contributed by atoms with van der Waals surface area (Å²) in [6.07, 6.45) is 8.02. The number of carbonyl (C=O) groups excluding carboxylic acids is 1. The van der Waals surface area contributed by atoms with Gasteiger partial charge in [-0.15, -0.1) is 0 Å². The van der Waals surface area contributed by atoms with Crippen molar-refractivity contribution in [2.75, 3.05) is 13.1 Å². The molecule has 0 N–H and O–H groups in total. The van der Waals surface area contributed by atoms with E-state index >= 15 is 0 Å². The molecule has 0 aromatic carbocycles. The first-order valence-electron chi connectivity index (χ1n) is 4.84. The number of likely N-dealkylation sites (tertiary alicyclic amines) is 1. The summed E-state index contributed by atoms with van der Waals surface area (Å²) in [4.78, 5) is 13.6. The molecule has 0 aliphatic carbocycles. The van der Waals surface area contributed by atoms with Crippen molar-refractivity contribution in [2.24, 2.45) is 0 Å². The van der Waals surface area contributed by atoms with Crippen LogP contribution < -0.4 is 0 Å². The molecule has 0 atom stereocenters. The number of allylic oxidation sites excluding steroid dienone is 3. The van der Waals surface area contributed by atoms with Crippen molar-refractivity contribution in [3.05, 3.63) is 23.8 Å². The molecule has 1 aliphatic rings. The van der Waals surface area contributed by atoms with Crippen LogP contribution in [0.5, 0.6) is 0 Å². The van der Waals surface area contributed by atoms with Crippen LogP contribution in [0.25, 0.3) is 0 Å². The van der Waals surface area contributed by atoms with Crippen LogP contribution in [0, 0.1) is 0 Å².